The van der Waals surface area contributed by atoms with Crippen molar-refractivity contribution in [2.24, 2.45) is 0 Å². The lowest BCUT2D eigenvalue weighted by Crippen LogP contribution is -2.39. The summed E-state index contributed by atoms with van der Waals surface area (Å²) in [7, 11) is 0. The summed E-state index contributed by atoms with van der Waals surface area (Å²) in [5.41, 5.74) is 1.06. The molecule has 1 N–H and O–H groups in total. The third-order valence-corrected chi connectivity index (χ3v) is 5.58. The number of rotatable bonds is 3. The zero-order valence-electron chi connectivity index (χ0n) is 10.5. The molecule has 1 aliphatic carbocycles. The Morgan fingerprint density at radius 3 is 1.95 bits per heavy atom. The molecule has 0 radical (unpaired) electrons. The predicted octanol–water partition coefficient (Wildman–Crippen LogP) is 4.68. The van der Waals surface area contributed by atoms with Crippen molar-refractivity contribution < 1.29 is 9.59 Å². The average Bonchev–Trinajstić information content (AvgIpc) is 2.52. The minimum atomic E-state index is -2.07. The molecule has 1 aromatic carbocycles. The first kappa shape index (κ1) is 16.9. The van der Waals surface area contributed by atoms with Gasteiger partial charge >= 0.3 is 0 Å². The molecule has 0 fully saturated rings. The second kappa shape index (κ2) is 5.64. The summed E-state index contributed by atoms with van der Waals surface area (Å²) >= 11 is 29.8. The van der Waals surface area contributed by atoms with Gasteiger partial charge in [0.2, 0.25) is 10.1 Å². The Kier molecular flexibility index (Phi) is 4.54. The summed E-state index contributed by atoms with van der Waals surface area (Å²) < 4.78 is -3.99. The molecule has 2 rings (SSSR count). The molecule has 0 saturated heterocycles. The molecule has 0 amide bonds. The van der Waals surface area contributed by atoms with E-state index in [0.717, 1.165) is 0 Å². The third-order valence-electron chi connectivity index (χ3n) is 2.97. The standard InChI is InChI=1S/C13H8Cl5NO2/c1-6(20)7-2-4-8(5-3-7)19-10-9(14)11(21)13(17,18)12(10,15)16/h2-5,19H,1H3. The molecule has 21 heavy (non-hydrogen) atoms. The number of anilines is 1. The molecule has 1 aromatic rings. The van der Waals surface area contributed by atoms with Gasteiger partial charge in [0.15, 0.2) is 10.1 Å². The monoisotopic (exact) mass is 385 g/mol. The number of hydrogen-bond donors (Lipinski definition) is 1. The van der Waals surface area contributed by atoms with E-state index in [1.54, 1.807) is 24.3 Å². The number of halogens is 5. The first-order valence-corrected chi connectivity index (χ1v) is 7.56. The van der Waals surface area contributed by atoms with Crippen LogP contribution >= 0.6 is 58.0 Å². The molecule has 112 valence electrons. The number of hydrogen-bond acceptors (Lipinski definition) is 3. The van der Waals surface area contributed by atoms with Crippen LogP contribution in [0, 0.1) is 0 Å². The van der Waals surface area contributed by atoms with Crippen LogP contribution in [-0.4, -0.2) is 20.2 Å². The molecule has 0 aliphatic heterocycles. The van der Waals surface area contributed by atoms with Crippen LogP contribution in [0.25, 0.3) is 0 Å². The summed E-state index contributed by atoms with van der Waals surface area (Å²) in [4.78, 5) is 23.1. The number of benzene rings is 1. The maximum absolute atomic E-state index is 11.9. The summed E-state index contributed by atoms with van der Waals surface area (Å²) in [6.07, 6.45) is 0. The van der Waals surface area contributed by atoms with E-state index in [1.165, 1.54) is 6.92 Å². The number of carbonyl (C=O) groups is 2. The van der Waals surface area contributed by atoms with E-state index in [0.29, 0.717) is 11.3 Å². The van der Waals surface area contributed by atoms with E-state index in [2.05, 4.69) is 5.32 Å². The number of carbonyl (C=O) groups excluding carboxylic acids is 2. The highest BCUT2D eigenvalue weighted by atomic mass is 35.5. The van der Waals surface area contributed by atoms with Crippen LogP contribution in [0.4, 0.5) is 5.69 Å². The summed E-state index contributed by atoms with van der Waals surface area (Å²) in [6, 6.07) is 6.44. The van der Waals surface area contributed by atoms with Crippen LogP contribution in [0.2, 0.25) is 0 Å². The number of alkyl halides is 4. The van der Waals surface area contributed by atoms with Gasteiger partial charge in [-0.1, -0.05) is 58.0 Å². The van der Waals surface area contributed by atoms with Crippen molar-refractivity contribution in [3.8, 4) is 0 Å². The van der Waals surface area contributed by atoms with Crippen molar-refractivity contribution >= 4 is 75.3 Å². The van der Waals surface area contributed by atoms with E-state index in [1.807, 2.05) is 0 Å². The van der Waals surface area contributed by atoms with E-state index in [-0.39, 0.29) is 16.5 Å². The minimum Gasteiger partial charge on any atom is -0.355 e. The average molecular weight is 387 g/mol. The topological polar surface area (TPSA) is 46.2 Å². The van der Waals surface area contributed by atoms with Crippen molar-refractivity contribution in [3.05, 3.63) is 40.6 Å². The van der Waals surface area contributed by atoms with Crippen molar-refractivity contribution in [1.29, 1.82) is 0 Å². The molecular weight excluding hydrogens is 379 g/mol. The van der Waals surface area contributed by atoms with E-state index in [4.69, 9.17) is 58.0 Å². The van der Waals surface area contributed by atoms with Crippen LogP contribution in [0.15, 0.2) is 35.0 Å². The van der Waals surface area contributed by atoms with Crippen molar-refractivity contribution in [2.45, 2.75) is 15.6 Å². The zero-order valence-corrected chi connectivity index (χ0v) is 14.3. The van der Waals surface area contributed by atoms with Crippen molar-refractivity contribution in [2.75, 3.05) is 5.32 Å². The third kappa shape index (κ3) is 2.78. The van der Waals surface area contributed by atoms with Gasteiger partial charge in [0.05, 0.1) is 5.70 Å². The van der Waals surface area contributed by atoms with Gasteiger partial charge in [-0.05, 0) is 31.2 Å². The number of ketones is 2. The quantitative estimate of drug-likeness (QED) is 0.605. The molecular formula is C13H8Cl5NO2. The molecule has 0 bridgehead atoms. The Balaban J connectivity index is 2.35. The summed E-state index contributed by atoms with van der Waals surface area (Å²) in [5, 5.41) is 2.55. The van der Waals surface area contributed by atoms with Crippen LogP contribution in [-0.2, 0) is 4.79 Å². The Hall–Kier alpha value is -0.450. The van der Waals surface area contributed by atoms with E-state index >= 15 is 0 Å². The molecule has 0 atom stereocenters. The number of allylic oxidation sites excluding steroid dienone is 2. The maximum Gasteiger partial charge on any atom is 0.219 e. The number of nitrogens with one attached hydrogen (secondary N) is 1. The fourth-order valence-corrected chi connectivity index (χ4v) is 3.11. The van der Waals surface area contributed by atoms with Crippen LogP contribution in [0.5, 0.6) is 0 Å². The highest BCUT2D eigenvalue weighted by Crippen LogP contribution is 2.55. The fraction of sp³-hybridized carbons (Fsp3) is 0.231. The molecule has 3 nitrogen and oxygen atoms in total. The highest BCUT2D eigenvalue weighted by Gasteiger charge is 2.62. The summed E-state index contributed by atoms with van der Waals surface area (Å²) in [5.74, 6) is -0.847. The van der Waals surface area contributed by atoms with Crippen molar-refractivity contribution in [1.82, 2.24) is 0 Å². The predicted molar refractivity (Wildman–Crippen MR) is 86.8 cm³/mol. The molecule has 0 unspecified atom stereocenters. The maximum atomic E-state index is 11.9. The first-order chi connectivity index (χ1) is 9.59. The van der Waals surface area contributed by atoms with Crippen molar-refractivity contribution in [3.63, 3.8) is 0 Å². The van der Waals surface area contributed by atoms with Gasteiger partial charge in [-0.25, -0.2) is 0 Å². The SMILES string of the molecule is CC(=O)c1ccc(NC2=C(Cl)C(=O)C(Cl)(Cl)C2(Cl)Cl)cc1. The molecule has 0 spiro atoms. The van der Waals surface area contributed by atoms with E-state index < -0.39 is 14.4 Å². The minimum absolute atomic E-state index is 0.00178. The van der Waals surface area contributed by atoms with Gasteiger partial charge in [0.25, 0.3) is 0 Å². The van der Waals surface area contributed by atoms with Crippen LogP contribution in [0.1, 0.15) is 17.3 Å². The second-order valence-corrected chi connectivity index (χ2v) is 7.46. The molecule has 0 aromatic heterocycles. The largest absolute Gasteiger partial charge is 0.355 e. The number of Topliss-reactive ketones (excluding diaryl/α,β-unsaturated/α-hetero) is 2. The first-order valence-electron chi connectivity index (χ1n) is 5.67. The van der Waals surface area contributed by atoms with Gasteiger partial charge in [0.1, 0.15) is 5.03 Å². The van der Waals surface area contributed by atoms with Gasteiger partial charge in [-0.15, -0.1) is 0 Å². The Morgan fingerprint density at radius 1 is 1.05 bits per heavy atom. The molecule has 8 heteroatoms. The highest BCUT2D eigenvalue weighted by molar-refractivity contribution is 6.75. The summed E-state index contributed by atoms with van der Waals surface area (Å²) in [6.45, 7) is 1.45. The lowest BCUT2D eigenvalue weighted by atomic mass is 10.1. The smallest absolute Gasteiger partial charge is 0.219 e. The van der Waals surface area contributed by atoms with Crippen LogP contribution < -0.4 is 5.32 Å². The van der Waals surface area contributed by atoms with Gasteiger partial charge in [-0.3, -0.25) is 9.59 Å². The van der Waals surface area contributed by atoms with Gasteiger partial charge in [-0.2, -0.15) is 0 Å². The van der Waals surface area contributed by atoms with Gasteiger partial charge in [0, 0.05) is 11.3 Å². The molecule has 0 heterocycles. The van der Waals surface area contributed by atoms with Gasteiger partial charge < -0.3 is 5.32 Å². The normalized spacial score (nSPS) is 19.8. The molecule has 0 saturated carbocycles. The fourth-order valence-electron chi connectivity index (χ4n) is 1.75. The Labute approximate surface area is 146 Å². The van der Waals surface area contributed by atoms with Crippen LogP contribution in [0.3, 0.4) is 0 Å². The molecule has 1 aliphatic rings. The Bertz CT molecular complexity index is 649. The lowest BCUT2D eigenvalue weighted by Gasteiger charge is -2.26. The second-order valence-electron chi connectivity index (χ2n) is 4.43. The zero-order chi connectivity index (χ0) is 16.0. The van der Waals surface area contributed by atoms with E-state index in [9.17, 15) is 9.59 Å². The lowest BCUT2D eigenvalue weighted by molar-refractivity contribution is -0.115. The Morgan fingerprint density at radius 2 is 1.57 bits per heavy atom.